The number of rotatable bonds is 6. The molecule has 0 unspecified atom stereocenters. The summed E-state index contributed by atoms with van der Waals surface area (Å²) in [6, 6.07) is 7.51. The SMILES string of the molecule is CCCNc1ncc([N+](=O)[O-])c(Sc2ccc(Br)cc2)n1. The van der Waals surface area contributed by atoms with Crippen LogP contribution in [0, 0.1) is 10.1 Å². The van der Waals surface area contributed by atoms with Crippen molar-refractivity contribution < 1.29 is 4.92 Å². The van der Waals surface area contributed by atoms with Crippen molar-refractivity contribution in [1.29, 1.82) is 0 Å². The summed E-state index contributed by atoms with van der Waals surface area (Å²) >= 11 is 4.60. The second kappa shape index (κ2) is 7.37. The van der Waals surface area contributed by atoms with Crippen molar-refractivity contribution in [2.75, 3.05) is 11.9 Å². The van der Waals surface area contributed by atoms with Gasteiger partial charge in [-0.05, 0) is 30.7 Å². The summed E-state index contributed by atoms with van der Waals surface area (Å²) in [5, 5.41) is 14.4. The topological polar surface area (TPSA) is 81.0 Å². The summed E-state index contributed by atoms with van der Waals surface area (Å²) in [5.41, 5.74) is -0.0926. The number of aromatic nitrogens is 2. The van der Waals surface area contributed by atoms with Gasteiger partial charge in [-0.3, -0.25) is 10.1 Å². The molecule has 6 nitrogen and oxygen atoms in total. The van der Waals surface area contributed by atoms with Crippen LogP contribution in [0.2, 0.25) is 0 Å². The van der Waals surface area contributed by atoms with Crippen molar-refractivity contribution in [3.05, 3.63) is 45.0 Å². The third-order valence-electron chi connectivity index (χ3n) is 2.49. The summed E-state index contributed by atoms with van der Waals surface area (Å²) in [4.78, 5) is 19.7. The van der Waals surface area contributed by atoms with E-state index in [1.807, 2.05) is 31.2 Å². The van der Waals surface area contributed by atoms with E-state index in [2.05, 4.69) is 31.2 Å². The van der Waals surface area contributed by atoms with Crippen LogP contribution >= 0.6 is 27.7 Å². The van der Waals surface area contributed by atoms with Gasteiger partial charge in [-0.15, -0.1) is 0 Å². The van der Waals surface area contributed by atoms with Gasteiger partial charge in [0.2, 0.25) is 5.95 Å². The van der Waals surface area contributed by atoms with Gasteiger partial charge < -0.3 is 5.32 Å². The number of nitrogens with one attached hydrogen (secondary N) is 1. The number of anilines is 1. The molecule has 110 valence electrons. The highest BCUT2D eigenvalue weighted by Crippen LogP contribution is 2.33. The van der Waals surface area contributed by atoms with Gasteiger partial charge in [0.05, 0.1) is 4.92 Å². The average molecular weight is 369 g/mol. The minimum absolute atomic E-state index is 0.0926. The lowest BCUT2D eigenvalue weighted by atomic mass is 10.4. The van der Waals surface area contributed by atoms with Crippen molar-refractivity contribution in [2.24, 2.45) is 0 Å². The minimum Gasteiger partial charge on any atom is -0.354 e. The Morgan fingerprint density at radius 3 is 2.71 bits per heavy atom. The molecule has 2 rings (SSSR count). The summed E-state index contributed by atoms with van der Waals surface area (Å²) in [7, 11) is 0. The molecule has 0 saturated heterocycles. The molecule has 2 aromatic rings. The van der Waals surface area contributed by atoms with Crippen LogP contribution in [0.25, 0.3) is 0 Å². The van der Waals surface area contributed by atoms with Crippen LogP contribution in [0.15, 0.2) is 44.9 Å². The van der Waals surface area contributed by atoms with Crippen molar-refractivity contribution >= 4 is 39.3 Å². The van der Waals surface area contributed by atoms with E-state index in [1.165, 1.54) is 18.0 Å². The molecule has 0 aliphatic rings. The van der Waals surface area contributed by atoms with E-state index < -0.39 is 4.92 Å². The Kier molecular flexibility index (Phi) is 5.51. The molecule has 0 saturated carbocycles. The molecule has 0 spiro atoms. The molecule has 0 radical (unpaired) electrons. The Labute approximate surface area is 134 Å². The van der Waals surface area contributed by atoms with Gasteiger partial charge in [0, 0.05) is 15.9 Å². The van der Waals surface area contributed by atoms with Gasteiger partial charge in [0.15, 0.2) is 5.03 Å². The van der Waals surface area contributed by atoms with Crippen LogP contribution in [-0.2, 0) is 0 Å². The largest absolute Gasteiger partial charge is 0.354 e. The highest BCUT2D eigenvalue weighted by Gasteiger charge is 2.18. The Balaban J connectivity index is 2.29. The van der Waals surface area contributed by atoms with Crippen LogP contribution in [0.3, 0.4) is 0 Å². The van der Waals surface area contributed by atoms with E-state index in [0.717, 1.165) is 22.3 Å². The molecule has 0 atom stereocenters. The Hall–Kier alpha value is -1.67. The molecule has 0 bridgehead atoms. The van der Waals surface area contributed by atoms with Gasteiger partial charge in [-0.25, -0.2) is 4.98 Å². The first-order chi connectivity index (χ1) is 10.1. The van der Waals surface area contributed by atoms with Crippen LogP contribution in [-0.4, -0.2) is 21.4 Å². The van der Waals surface area contributed by atoms with Crippen LogP contribution in [0.5, 0.6) is 0 Å². The van der Waals surface area contributed by atoms with Gasteiger partial charge in [-0.1, -0.05) is 34.6 Å². The lowest BCUT2D eigenvalue weighted by Gasteiger charge is -2.06. The molecule has 0 aliphatic heterocycles. The van der Waals surface area contributed by atoms with E-state index in [9.17, 15) is 10.1 Å². The first-order valence-corrected chi connectivity index (χ1v) is 7.90. The van der Waals surface area contributed by atoms with E-state index in [1.54, 1.807) is 0 Å². The molecule has 8 heteroatoms. The zero-order valence-corrected chi connectivity index (χ0v) is 13.6. The lowest BCUT2D eigenvalue weighted by molar-refractivity contribution is -0.388. The molecular formula is C13H13BrN4O2S. The maximum atomic E-state index is 11.1. The van der Waals surface area contributed by atoms with Gasteiger partial charge in [0.1, 0.15) is 6.20 Å². The van der Waals surface area contributed by atoms with Crippen molar-refractivity contribution in [3.8, 4) is 0 Å². The second-order valence-electron chi connectivity index (χ2n) is 4.12. The number of hydrogen-bond acceptors (Lipinski definition) is 6. The summed E-state index contributed by atoms with van der Waals surface area (Å²) in [6.07, 6.45) is 2.17. The number of nitro groups is 1. The standard InChI is InChI=1S/C13H13BrN4O2S/c1-2-7-15-13-16-8-11(18(19)20)12(17-13)21-10-5-3-9(14)4-6-10/h3-6,8H,2,7H2,1H3,(H,15,16,17). The number of benzene rings is 1. The van der Waals surface area contributed by atoms with Gasteiger partial charge >= 0.3 is 5.69 Å². The first-order valence-electron chi connectivity index (χ1n) is 6.29. The third kappa shape index (κ3) is 4.40. The third-order valence-corrected chi connectivity index (χ3v) is 4.02. The molecule has 0 amide bonds. The summed E-state index contributed by atoms with van der Waals surface area (Å²) in [6.45, 7) is 2.75. The van der Waals surface area contributed by atoms with Gasteiger partial charge in [0.25, 0.3) is 0 Å². The maximum Gasteiger partial charge on any atom is 0.320 e. The zero-order chi connectivity index (χ0) is 15.2. The fourth-order valence-electron chi connectivity index (χ4n) is 1.50. The summed E-state index contributed by atoms with van der Waals surface area (Å²) in [5.74, 6) is 0.405. The van der Waals surface area contributed by atoms with Crippen molar-refractivity contribution in [2.45, 2.75) is 23.3 Å². The lowest BCUT2D eigenvalue weighted by Crippen LogP contribution is -2.06. The molecule has 1 aromatic heterocycles. The van der Waals surface area contributed by atoms with E-state index in [0.29, 0.717) is 11.0 Å². The first kappa shape index (κ1) is 15.7. The molecular weight excluding hydrogens is 356 g/mol. The zero-order valence-electron chi connectivity index (χ0n) is 11.2. The minimum atomic E-state index is -0.467. The summed E-state index contributed by atoms with van der Waals surface area (Å²) < 4.78 is 0.953. The molecule has 1 aromatic carbocycles. The average Bonchev–Trinajstić information content (AvgIpc) is 2.47. The molecule has 0 aliphatic carbocycles. The maximum absolute atomic E-state index is 11.1. The van der Waals surface area contributed by atoms with Crippen molar-refractivity contribution in [3.63, 3.8) is 0 Å². The fourth-order valence-corrected chi connectivity index (χ4v) is 2.62. The quantitative estimate of drug-likeness (QED) is 0.469. The second-order valence-corrected chi connectivity index (χ2v) is 6.10. The predicted molar refractivity (Wildman–Crippen MR) is 85.7 cm³/mol. The molecule has 1 heterocycles. The van der Waals surface area contributed by atoms with Crippen molar-refractivity contribution in [1.82, 2.24) is 9.97 Å². The number of nitrogens with zero attached hydrogens (tertiary/aromatic N) is 3. The van der Waals surface area contributed by atoms with Gasteiger partial charge in [-0.2, -0.15) is 4.98 Å². The highest BCUT2D eigenvalue weighted by molar-refractivity contribution is 9.10. The van der Waals surface area contributed by atoms with E-state index in [-0.39, 0.29) is 5.69 Å². The highest BCUT2D eigenvalue weighted by atomic mass is 79.9. The predicted octanol–water partition coefficient (Wildman–Crippen LogP) is 4.12. The Morgan fingerprint density at radius 2 is 2.10 bits per heavy atom. The Morgan fingerprint density at radius 1 is 1.38 bits per heavy atom. The monoisotopic (exact) mass is 368 g/mol. The van der Waals surface area contributed by atoms with E-state index in [4.69, 9.17) is 0 Å². The molecule has 21 heavy (non-hydrogen) atoms. The number of hydrogen-bond donors (Lipinski definition) is 1. The fraction of sp³-hybridized carbons (Fsp3) is 0.231. The van der Waals surface area contributed by atoms with E-state index >= 15 is 0 Å². The number of halogens is 1. The van der Waals surface area contributed by atoms with Crippen LogP contribution in [0.4, 0.5) is 11.6 Å². The molecule has 0 fully saturated rings. The molecule has 1 N–H and O–H groups in total. The smallest absolute Gasteiger partial charge is 0.320 e. The van der Waals surface area contributed by atoms with Crippen LogP contribution < -0.4 is 5.32 Å². The Bertz CT molecular complexity index is 637. The normalized spacial score (nSPS) is 10.4. The van der Waals surface area contributed by atoms with Crippen LogP contribution in [0.1, 0.15) is 13.3 Å².